The van der Waals surface area contributed by atoms with Gasteiger partial charge in [-0.15, -0.1) is 0 Å². The molecule has 1 aliphatic heterocycles. The molecule has 17 heavy (non-hydrogen) atoms. The van der Waals surface area contributed by atoms with Gasteiger partial charge >= 0.3 is 0 Å². The van der Waals surface area contributed by atoms with E-state index in [1.165, 1.54) is 7.05 Å². The molecule has 0 aromatic carbocycles. The highest BCUT2D eigenvalue weighted by Gasteiger charge is 2.37. The van der Waals surface area contributed by atoms with Crippen LogP contribution >= 0.6 is 0 Å². The molecule has 2 rings (SSSR count). The van der Waals surface area contributed by atoms with Crippen molar-refractivity contribution in [3.8, 4) is 0 Å². The molecule has 0 bridgehead atoms. The Hall–Kier alpha value is -1.43. The van der Waals surface area contributed by atoms with Crippen LogP contribution in [0.25, 0.3) is 0 Å². The fraction of sp³-hybridized carbons (Fsp3) is 0.727. The third-order valence-corrected chi connectivity index (χ3v) is 3.15. The molecule has 3 amide bonds. The first-order valence-corrected chi connectivity index (χ1v) is 5.86. The number of hydrogen-bond donors (Lipinski definition) is 2. The summed E-state index contributed by atoms with van der Waals surface area (Å²) in [7, 11) is 1.46. The summed E-state index contributed by atoms with van der Waals surface area (Å²) in [6, 6.07) is -0.716. The number of nitrogens with zero attached hydrogens (tertiary/aromatic N) is 1. The van der Waals surface area contributed by atoms with E-state index in [-0.39, 0.29) is 24.1 Å². The Kier molecular flexibility index (Phi) is 3.15. The maximum absolute atomic E-state index is 11.7. The van der Waals surface area contributed by atoms with Gasteiger partial charge in [0.25, 0.3) is 0 Å². The fourth-order valence-electron chi connectivity index (χ4n) is 1.82. The summed E-state index contributed by atoms with van der Waals surface area (Å²) in [6.07, 6.45) is 2.19. The van der Waals surface area contributed by atoms with E-state index < -0.39 is 12.1 Å². The van der Waals surface area contributed by atoms with Crippen LogP contribution in [0.15, 0.2) is 0 Å². The molecule has 1 aliphatic carbocycles. The lowest BCUT2D eigenvalue weighted by molar-refractivity contribution is -0.137. The maximum atomic E-state index is 11.7. The lowest BCUT2D eigenvalue weighted by atomic mass is 10.2. The lowest BCUT2D eigenvalue weighted by Crippen LogP contribution is -2.49. The first-order valence-electron chi connectivity index (χ1n) is 5.86. The highest BCUT2D eigenvalue weighted by Crippen LogP contribution is 2.18. The average molecular weight is 239 g/mol. The number of nitrogens with one attached hydrogen (secondary N) is 2. The second-order valence-electron chi connectivity index (χ2n) is 4.72. The van der Waals surface area contributed by atoms with Crippen LogP contribution in [0.5, 0.6) is 0 Å². The lowest BCUT2D eigenvalue weighted by Gasteiger charge is -2.17. The van der Waals surface area contributed by atoms with Crippen molar-refractivity contribution in [2.24, 2.45) is 0 Å². The van der Waals surface area contributed by atoms with Gasteiger partial charge in [-0.05, 0) is 19.8 Å². The van der Waals surface area contributed by atoms with Crippen LogP contribution < -0.4 is 10.6 Å². The molecule has 2 aliphatic rings. The molecule has 94 valence electrons. The minimum Gasteiger partial charge on any atom is -0.352 e. The fourth-order valence-corrected chi connectivity index (χ4v) is 1.82. The number of carbonyl (C=O) groups is 3. The van der Waals surface area contributed by atoms with Crippen molar-refractivity contribution in [3.63, 3.8) is 0 Å². The molecule has 6 heteroatoms. The summed E-state index contributed by atoms with van der Waals surface area (Å²) >= 11 is 0. The number of amides is 3. The molecule has 2 fully saturated rings. The largest absolute Gasteiger partial charge is 0.352 e. The highest BCUT2D eigenvalue weighted by molar-refractivity contribution is 6.05. The van der Waals surface area contributed by atoms with Gasteiger partial charge in [-0.3, -0.25) is 24.6 Å². The Labute approximate surface area is 99.7 Å². The quantitative estimate of drug-likeness (QED) is 0.617. The minimum atomic E-state index is -0.563. The second-order valence-corrected chi connectivity index (χ2v) is 4.72. The highest BCUT2D eigenvalue weighted by atomic mass is 16.2. The topological polar surface area (TPSA) is 78.5 Å². The van der Waals surface area contributed by atoms with Gasteiger partial charge < -0.3 is 5.32 Å². The average Bonchev–Trinajstić information content (AvgIpc) is 3.05. The third kappa shape index (κ3) is 2.63. The Morgan fingerprint density at radius 3 is 2.53 bits per heavy atom. The number of likely N-dealkylation sites (tertiary alicyclic amines) is 1. The molecular weight excluding hydrogens is 222 g/mol. The summed E-state index contributed by atoms with van der Waals surface area (Å²) in [5.74, 6) is -0.578. The summed E-state index contributed by atoms with van der Waals surface area (Å²) < 4.78 is 0. The molecular formula is C11H17N3O3. The normalized spacial score (nSPS) is 26.2. The minimum absolute atomic E-state index is 0.109. The van der Waals surface area contributed by atoms with E-state index in [1.807, 2.05) is 0 Å². The molecule has 6 nitrogen and oxygen atoms in total. The number of carbonyl (C=O) groups excluding carboxylic acids is 3. The first-order chi connectivity index (χ1) is 7.99. The van der Waals surface area contributed by atoms with Gasteiger partial charge in [0.2, 0.25) is 17.7 Å². The van der Waals surface area contributed by atoms with Crippen LogP contribution in [-0.4, -0.2) is 47.8 Å². The van der Waals surface area contributed by atoms with E-state index in [4.69, 9.17) is 0 Å². The van der Waals surface area contributed by atoms with Gasteiger partial charge in [0, 0.05) is 13.1 Å². The Morgan fingerprint density at radius 2 is 2.06 bits per heavy atom. The molecule has 0 aromatic rings. The second kappa shape index (κ2) is 4.44. The summed E-state index contributed by atoms with van der Waals surface area (Å²) in [5, 5.41) is 5.75. The van der Waals surface area contributed by atoms with Crippen molar-refractivity contribution in [1.29, 1.82) is 0 Å². The van der Waals surface area contributed by atoms with E-state index in [0.717, 1.165) is 17.7 Å². The van der Waals surface area contributed by atoms with E-state index in [9.17, 15) is 14.4 Å². The van der Waals surface area contributed by atoms with E-state index in [1.54, 1.807) is 6.92 Å². The zero-order valence-electron chi connectivity index (χ0n) is 10.0. The molecule has 2 unspecified atom stereocenters. The zero-order chi connectivity index (χ0) is 12.6. The maximum Gasteiger partial charge on any atom is 0.246 e. The van der Waals surface area contributed by atoms with Crippen LogP contribution in [0.1, 0.15) is 26.2 Å². The predicted molar refractivity (Wildman–Crippen MR) is 59.9 cm³/mol. The van der Waals surface area contributed by atoms with Crippen molar-refractivity contribution < 1.29 is 14.4 Å². The summed E-state index contributed by atoms with van der Waals surface area (Å²) in [6.45, 7) is 1.70. The molecule has 2 atom stereocenters. The van der Waals surface area contributed by atoms with Gasteiger partial charge in [0.1, 0.15) is 0 Å². The van der Waals surface area contributed by atoms with Crippen molar-refractivity contribution in [3.05, 3.63) is 0 Å². The van der Waals surface area contributed by atoms with Gasteiger partial charge in [0.05, 0.1) is 18.5 Å². The Morgan fingerprint density at radius 1 is 1.41 bits per heavy atom. The Bertz CT molecular complexity index is 365. The van der Waals surface area contributed by atoms with Gasteiger partial charge in [0.15, 0.2) is 0 Å². The van der Waals surface area contributed by atoms with Crippen molar-refractivity contribution in [2.75, 3.05) is 7.05 Å². The smallest absolute Gasteiger partial charge is 0.246 e. The van der Waals surface area contributed by atoms with Crippen molar-refractivity contribution >= 4 is 17.7 Å². The van der Waals surface area contributed by atoms with Crippen molar-refractivity contribution in [1.82, 2.24) is 15.5 Å². The molecule has 1 heterocycles. The van der Waals surface area contributed by atoms with Crippen LogP contribution in [0.2, 0.25) is 0 Å². The monoisotopic (exact) mass is 239 g/mol. The van der Waals surface area contributed by atoms with Crippen LogP contribution in [0, 0.1) is 0 Å². The predicted octanol–water partition coefficient (Wildman–Crippen LogP) is -1.000. The summed E-state index contributed by atoms with van der Waals surface area (Å²) in [4.78, 5) is 35.7. The third-order valence-electron chi connectivity index (χ3n) is 3.15. The first kappa shape index (κ1) is 12.0. The molecule has 0 spiro atoms. The SMILES string of the molecule is CC(NC1CC(=O)N(C)C1=O)C(=O)NC1CC1. The van der Waals surface area contributed by atoms with Crippen LogP contribution in [0.4, 0.5) is 0 Å². The van der Waals surface area contributed by atoms with Crippen LogP contribution in [-0.2, 0) is 14.4 Å². The van der Waals surface area contributed by atoms with E-state index in [0.29, 0.717) is 6.04 Å². The number of hydrogen-bond acceptors (Lipinski definition) is 4. The molecule has 2 N–H and O–H groups in total. The van der Waals surface area contributed by atoms with Crippen molar-refractivity contribution in [2.45, 2.75) is 44.3 Å². The van der Waals surface area contributed by atoms with Gasteiger partial charge in [-0.2, -0.15) is 0 Å². The summed E-state index contributed by atoms with van der Waals surface area (Å²) in [5.41, 5.74) is 0. The molecule has 1 saturated carbocycles. The number of rotatable bonds is 4. The molecule has 1 saturated heterocycles. The number of likely N-dealkylation sites (N-methyl/N-ethyl adjacent to an activating group) is 1. The number of imide groups is 1. The standard InChI is InChI=1S/C11H17N3O3/c1-6(10(16)13-7-3-4-7)12-8-5-9(15)14(2)11(8)17/h6-8,12H,3-5H2,1-2H3,(H,13,16). The zero-order valence-corrected chi connectivity index (χ0v) is 10.0. The molecule has 0 radical (unpaired) electrons. The van der Waals surface area contributed by atoms with E-state index >= 15 is 0 Å². The van der Waals surface area contributed by atoms with E-state index in [2.05, 4.69) is 10.6 Å². The Balaban J connectivity index is 1.85. The van der Waals surface area contributed by atoms with Gasteiger partial charge in [-0.1, -0.05) is 0 Å². The van der Waals surface area contributed by atoms with Crippen LogP contribution in [0.3, 0.4) is 0 Å². The van der Waals surface area contributed by atoms with Gasteiger partial charge in [-0.25, -0.2) is 0 Å². The molecule has 0 aromatic heterocycles.